The van der Waals surface area contributed by atoms with Crippen LogP contribution in [-0.2, 0) is 5.41 Å². The normalized spacial score (nSPS) is 11.1. The van der Waals surface area contributed by atoms with Crippen LogP contribution in [0.25, 0.3) is 0 Å². The molecule has 22 heavy (non-hydrogen) atoms. The first-order chi connectivity index (χ1) is 10.4. The van der Waals surface area contributed by atoms with Crippen molar-refractivity contribution in [1.82, 2.24) is 5.32 Å². The molecule has 0 atom stereocenters. The zero-order valence-corrected chi connectivity index (χ0v) is 13.9. The molecule has 0 unspecified atom stereocenters. The summed E-state index contributed by atoms with van der Waals surface area (Å²) in [5.41, 5.74) is 2.91. The number of carbonyl (C=O) groups is 1. The molecule has 0 bridgehead atoms. The Morgan fingerprint density at radius 3 is 2.23 bits per heavy atom. The summed E-state index contributed by atoms with van der Waals surface area (Å²) in [6.45, 7) is 6.72. The highest BCUT2D eigenvalue weighted by atomic mass is 35.5. The van der Waals surface area contributed by atoms with E-state index in [0.717, 1.165) is 16.8 Å². The predicted octanol–water partition coefficient (Wildman–Crippen LogP) is 4.75. The first-order valence-electron chi connectivity index (χ1n) is 7.24. The molecule has 0 saturated heterocycles. The van der Waals surface area contributed by atoms with E-state index in [4.69, 9.17) is 11.6 Å². The number of benzene rings is 2. The van der Waals surface area contributed by atoms with E-state index in [-0.39, 0.29) is 11.4 Å². The second kappa shape index (κ2) is 6.84. The Bertz CT molecular complexity index is 633. The lowest BCUT2D eigenvalue weighted by Gasteiger charge is -2.25. The van der Waals surface area contributed by atoms with E-state index in [1.54, 1.807) is 0 Å². The minimum Gasteiger partial charge on any atom is -0.337 e. The Balaban J connectivity index is 1.92. The van der Waals surface area contributed by atoms with Crippen molar-refractivity contribution in [3.63, 3.8) is 0 Å². The highest BCUT2D eigenvalue weighted by molar-refractivity contribution is 6.30. The lowest BCUT2D eigenvalue weighted by atomic mass is 9.85. The van der Waals surface area contributed by atoms with Crippen molar-refractivity contribution in [3.05, 3.63) is 64.7 Å². The standard InChI is InChI=1S/C18H21ClN2O/c1-13-4-10-16(11-5-13)21-17(22)20-12-18(2,3)14-6-8-15(19)9-7-14/h4-11H,12H2,1-3H3,(H2,20,21,22). The number of anilines is 1. The fourth-order valence-corrected chi connectivity index (χ4v) is 2.24. The molecule has 0 spiro atoms. The van der Waals surface area contributed by atoms with E-state index >= 15 is 0 Å². The monoisotopic (exact) mass is 316 g/mol. The lowest BCUT2D eigenvalue weighted by molar-refractivity contribution is 0.249. The molecular formula is C18H21ClN2O. The van der Waals surface area contributed by atoms with Crippen LogP contribution in [0.2, 0.25) is 5.02 Å². The largest absolute Gasteiger partial charge is 0.337 e. The summed E-state index contributed by atoms with van der Waals surface area (Å²) in [5, 5.41) is 6.46. The number of urea groups is 1. The fourth-order valence-electron chi connectivity index (χ4n) is 2.12. The van der Waals surface area contributed by atoms with Gasteiger partial charge in [-0.2, -0.15) is 0 Å². The van der Waals surface area contributed by atoms with Crippen LogP contribution < -0.4 is 10.6 Å². The minimum atomic E-state index is -0.203. The molecule has 0 aliphatic carbocycles. The SMILES string of the molecule is Cc1ccc(NC(=O)NCC(C)(C)c2ccc(Cl)cc2)cc1. The van der Waals surface area contributed by atoms with Crippen LogP contribution in [0.5, 0.6) is 0 Å². The van der Waals surface area contributed by atoms with Gasteiger partial charge in [-0.15, -0.1) is 0 Å². The number of amides is 2. The molecule has 2 amide bonds. The Morgan fingerprint density at radius 1 is 1.05 bits per heavy atom. The van der Waals surface area contributed by atoms with Crippen molar-refractivity contribution in [3.8, 4) is 0 Å². The van der Waals surface area contributed by atoms with E-state index < -0.39 is 0 Å². The average molecular weight is 317 g/mol. The zero-order chi connectivity index (χ0) is 16.2. The molecule has 0 radical (unpaired) electrons. The van der Waals surface area contributed by atoms with Gasteiger partial charge in [-0.05, 0) is 36.8 Å². The molecule has 3 nitrogen and oxygen atoms in total. The van der Waals surface area contributed by atoms with Crippen molar-refractivity contribution >= 4 is 23.3 Å². The van der Waals surface area contributed by atoms with Gasteiger partial charge in [-0.3, -0.25) is 0 Å². The molecule has 0 saturated carbocycles. The Labute approximate surface area is 136 Å². The highest BCUT2D eigenvalue weighted by Gasteiger charge is 2.21. The second-order valence-corrected chi connectivity index (χ2v) is 6.50. The Morgan fingerprint density at radius 2 is 1.64 bits per heavy atom. The maximum atomic E-state index is 12.0. The number of carbonyl (C=O) groups excluding carboxylic acids is 1. The molecule has 0 aliphatic rings. The van der Waals surface area contributed by atoms with Gasteiger partial charge in [0.2, 0.25) is 0 Å². The maximum Gasteiger partial charge on any atom is 0.319 e. The van der Waals surface area contributed by atoms with Gasteiger partial charge in [0.15, 0.2) is 0 Å². The number of rotatable bonds is 4. The highest BCUT2D eigenvalue weighted by Crippen LogP contribution is 2.23. The van der Waals surface area contributed by atoms with Gasteiger partial charge in [-0.25, -0.2) is 4.79 Å². The van der Waals surface area contributed by atoms with Crippen molar-refractivity contribution < 1.29 is 4.79 Å². The third kappa shape index (κ3) is 4.50. The van der Waals surface area contributed by atoms with Gasteiger partial charge >= 0.3 is 6.03 Å². The smallest absolute Gasteiger partial charge is 0.319 e. The molecular weight excluding hydrogens is 296 g/mol. The third-order valence-corrected chi connectivity index (χ3v) is 3.88. The van der Waals surface area contributed by atoms with Crippen molar-refractivity contribution in [2.45, 2.75) is 26.2 Å². The maximum absolute atomic E-state index is 12.0. The quantitative estimate of drug-likeness (QED) is 0.839. The van der Waals surface area contributed by atoms with E-state index in [2.05, 4.69) is 24.5 Å². The van der Waals surface area contributed by atoms with E-state index in [1.807, 2.05) is 55.5 Å². The van der Waals surface area contributed by atoms with Crippen LogP contribution >= 0.6 is 11.6 Å². The van der Waals surface area contributed by atoms with E-state index in [0.29, 0.717) is 11.6 Å². The van der Waals surface area contributed by atoms with Crippen molar-refractivity contribution in [2.75, 3.05) is 11.9 Å². The topological polar surface area (TPSA) is 41.1 Å². The van der Waals surface area contributed by atoms with Crippen LogP contribution in [0.1, 0.15) is 25.0 Å². The Hall–Kier alpha value is -2.00. The van der Waals surface area contributed by atoms with Crippen molar-refractivity contribution in [2.24, 2.45) is 0 Å². The molecule has 2 rings (SSSR count). The predicted molar refractivity (Wildman–Crippen MR) is 92.7 cm³/mol. The van der Waals surface area contributed by atoms with Gasteiger partial charge in [-0.1, -0.05) is 55.3 Å². The molecule has 4 heteroatoms. The fraction of sp³-hybridized carbons (Fsp3) is 0.278. The summed E-state index contributed by atoms with van der Waals surface area (Å²) in [6, 6.07) is 15.2. The molecule has 0 aliphatic heterocycles. The van der Waals surface area contributed by atoms with Crippen LogP contribution in [0.4, 0.5) is 10.5 Å². The zero-order valence-electron chi connectivity index (χ0n) is 13.1. The summed E-state index contributed by atoms with van der Waals surface area (Å²) < 4.78 is 0. The molecule has 2 N–H and O–H groups in total. The number of hydrogen-bond acceptors (Lipinski definition) is 1. The molecule has 116 valence electrons. The summed E-state index contributed by atoms with van der Waals surface area (Å²) in [5.74, 6) is 0. The first kappa shape index (κ1) is 16.4. The van der Waals surface area contributed by atoms with Crippen LogP contribution in [0.15, 0.2) is 48.5 Å². The van der Waals surface area contributed by atoms with Gasteiger partial charge in [0.1, 0.15) is 0 Å². The third-order valence-electron chi connectivity index (χ3n) is 3.63. The summed E-state index contributed by atoms with van der Waals surface area (Å²) in [7, 11) is 0. The molecule has 2 aromatic carbocycles. The summed E-state index contributed by atoms with van der Waals surface area (Å²) >= 11 is 5.91. The summed E-state index contributed by atoms with van der Waals surface area (Å²) in [4.78, 5) is 12.0. The van der Waals surface area contributed by atoms with E-state index in [1.165, 1.54) is 0 Å². The number of nitrogens with one attached hydrogen (secondary N) is 2. The van der Waals surface area contributed by atoms with Gasteiger partial charge in [0, 0.05) is 22.7 Å². The van der Waals surface area contributed by atoms with Gasteiger partial charge in [0.25, 0.3) is 0 Å². The first-order valence-corrected chi connectivity index (χ1v) is 7.62. The van der Waals surface area contributed by atoms with Crippen LogP contribution in [0, 0.1) is 6.92 Å². The molecule has 0 fully saturated rings. The van der Waals surface area contributed by atoms with Crippen LogP contribution in [0.3, 0.4) is 0 Å². The number of halogens is 1. The number of aryl methyl sites for hydroxylation is 1. The van der Waals surface area contributed by atoms with Gasteiger partial charge in [0.05, 0.1) is 0 Å². The molecule has 0 heterocycles. The van der Waals surface area contributed by atoms with E-state index in [9.17, 15) is 4.79 Å². The molecule has 0 aromatic heterocycles. The average Bonchev–Trinajstić information content (AvgIpc) is 2.48. The minimum absolute atomic E-state index is 0.171. The lowest BCUT2D eigenvalue weighted by Crippen LogP contribution is -2.38. The number of hydrogen-bond donors (Lipinski definition) is 2. The van der Waals surface area contributed by atoms with Crippen LogP contribution in [-0.4, -0.2) is 12.6 Å². The summed E-state index contributed by atoms with van der Waals surface area (Å²) in [6.07, 6.45) is 0. The Kier molecular flexibility index (Phi) is 5.09. The van der Waals surface area contributed by atoms with Gasteiger partial charge < -0.3 is 10.6 Å². The second-order valence-electron chi connectivity index (χ2n) is 6.06. The molecule has 2 aromatic rings. The van der Waals surface area contributed by atoms with Crippen molar-refractivity contribution in [1.29, 1.82) is 0 Å².